The molecule has 1 amide bonds. The van der Waals surface area contributed by atoms with Gasteiger partial charge in [-0.05, 0) is 26.0 Å². The van der Waals surface area contributed by atoms with Gasteiger partial charge in [-0.3, -0.25) is 9.69 Å². The molecule has 3 rings (SSSR count). The van der Waals surface area contributed by atoms with E-state index < -0.39 is 6.10 Å². The molecule has 1 aliphatic heterocycles. The number of carbonyl (C=O) groups is 1. The number of benzene rings is 2. The van der Waals surface area contributed by atoms with E-state index in [0.29, 0.717) is 18.8 Å². The second-order valence-electron chi connectivity index (χ2n) is 7.50. The summed E-state index contributed by atoms with van der Waals surface area (Å²) >= 11 is 0. The molecule has 0 radical (unpaired) electrons. The molecule has 1 atom stereocenters. The van der Waals surface area contributed by atoms with Gasteiger partial charge >= 0.3 is 0 Å². The van der Waals surface area contributed by atoms with Crippen LogP contribution in [0.2, 0.25) is 0 Å². The lowest BCUT2D eigenvalue weighted by atomic mass is 10.0. The summed E-state index contributed by atoms with van der Waals surface area (Å²) in [6.45, 7) is 6.89. The molecule has 1 N–H and O–H groups in total. The highest BCUT2D eigenvalue weighted by molar-refractivity contribution is 5.83. The first-order valence-electron chi connectivity index (χ1n) is 9.42. The number of hydrogen-bond donors (Lipinski definition) is 1. The number of rotatable bonds is 6. The quantitative estimate of drug-likeness (QED) is 0.852. The molecule has 1 unspecified atom stereocenters. The minimum absolute atomic E-state index is 0.0218. The fraction of sp³-hybridized carbons (Fsp3) is 0.409. The van der Waals surface area contributed by atoms with E-state index in [9.17, 15) is 9.90 Å². The van der Waals surface area contributed by atoms with Gasteiger partial charge in [-0.1, -0.05) is 48.5 Å². The highest BCUT2D eigenvalue weighted by atomic mass is 16.5. The SMILES string of the molecule is CC(C)(CO)N1CCN(C(=O)C(Oc2ccccc2)c2ccccc2)CC1. The zero-order valence-corrected chi connectivity index (χ0v) is 16.0. The average Bonchev–Trinajstić information content (AvgIpc) is 2.73. The molecular formula is C22H28N2O3. The number of hydrogen-bond acceptors (Lipinski definition) is 4. The zero-order chi connectivity index (χ0) is 19.3. The minimum Gasteiger partial charge on any atom is -0.476 e. The summed E-state index contributed by atoms with van der Waals surface area (Å²) in [7, 11) is 0. The summed E-state index contributed by atoms with van der Waals surface area (Å²) in [6, 6.07) is 19.1. The molecule has 0 bridgehead atoms. The molecule has 0 aromatic heterocycles. The maximum atomic E-state index is 13.3. The van der Waals surface area contributed by atoms with Crippen molar-refractivity contribution in [3.8, 4) is 5.75 Å². The Morgan fingerprint density at radius 1 is 1.00 bits per heavy atom. The Morgan fingerprint density at radius 2 is 1.56 bits per heavy atom. The van der Waals surface area contributed by atoms with Crippen LogP contribution in [0.15, 0.2) is 60.7 Å². The van der Waals surface area contributed by atoms with Crippen LogP contribution in [0.25, 0.3) is 0 Å². The number of aliphatic hydroxyl groups is 1. The van der Waals surface area contributed by atoms with Crippen molar-refractivity contribution in [2.75, 3.05) is 32.8 Å². The number of amides is 1. The van der Waals surface area contributed by atoms with E-state index in [2.05, 4.69) is 4.90 Å². The molecule has 1 heterocycles. The van der Waals surface area contributed by atoms with Crippen LogP contribution in [0.3, 0.4) is 0 Å². The van der Waals surface area contributed by atoms with Gasteiger partial charge in [-0.25, -0.2) is 0 Å². The van der Waals surface area contributed by atoms with Crippen molar-refractivity contribution in [1.29, 1.82) is 0 Å². The van der Waals surface area contributed by atoms with Gasteiger partial charge in [-0.15, -0.1) is 0 Å². The third kappa shape index (κ3) is 4.67. The van der Waals surface area contributed by atoms with Crippen LogP contribution in [0.5, 0.6) is 5.75 Å². The maximum absolute atomic E-state index is 13.3. The maximum Gasteiger partial charge on any atom is 0.268 e. The second kappa shape index (κ2) is 8.55. The van der Waals surface area contributed by atoms with Gasteiger partial charge in [0.25, 0.3) is 5.91 Å². The zero-order valence-electron chi connectivity index (χ0n) is 16.0. The van der Waals surface area contributed by atoms with E-state index >= 15 is 0 Å². The molecule has 144 valence electrons. The van der Waals surface area contributed by atoms with Gasteiger partial charge in [0.15, 0.2) is 0 Å². The van der Waals surface area contributed by atoms with Crippen LogP contribution in [0.4, 0.5) is 0 Å². The molecule has 5 heteroatoms. The Hall–Kier alpha value is -2.37. The largest absolute Gasteiger partial charge is 0.476 e. The van der Waals surface area contributed by atoms with Gasteiger partial charge in [0.1, 0.15) is 5.75 Å². The lowest BCUT2D eigenvalue weighted by Crippen LogP contribution is -2.57. The summed E-state index contributed by atoms with van der Waals surface area (Å²) in [5.74, 6) is 0.659. The summed E-state index contributed by atoms with van der Waals surface area (Å²) < 4.78 is 6.09. The van der Waals surface area contributed by atoms with Crippen LogP contribution in [0.1, 0.15) is 25.5 Å². The minimum atomic E-state index is -0.661. The van der Waals surface area contributed by atoms with E-state index in [0.717, 1.165) is 18.7 Å². The third-order valence-corrected chi connectivity index (χ3v) is 5.16. The Bertz CT molecular complexity index is 726. The summed E-state index contributed by atoms with van der Waals surface area (Å²) in [4.78, 5) is 17.4. The molecular weight excluding hydrogens is 340 g/mol. The van der Waals surface area contributed by atoms with Gasteiger partial charge < -0.3 is 14.7 Å². The van der Waals surface area contributed by atoms with E-state index in [-0.39, 0.29) is 18.1 Å². The van der Waals surface area contributed by atoms with E-state index in [1.165, 1.54) is 0 Å². The van der Waals surface area contributed by atoms with Crippen LogP contribution in [-0.2, 0) is 4.79 Å². The highest BCUT2D eigenvalue weighted by Gasteiger charge is 2.34. The Morgan fingerprint density at radius 3 is 2.11 bits per heavy atom. The normalized spacial score (nSPS) is 16.8. The Kier molecular flexibility index (Phi) is 6.14. The van der Waals surface area contributed by atoms with E-state index in [1.54, 1.807) is 0 Å². The first-order chi connectivity index (χ1) is 13.0. The standard InChI is InChI=1S/C22H28N2O3/c1-22(2,17-25)24-15-13-23(14-16-24)21(26)20(18-9-5-3-6-10-18)27-19-11-7-4-8-12-19/h3-12,20,25H,13-17H2,1-2H3. The lowest BCUT2D eigenvalue weighted by Gasteiger charge is -2.43. The number of piperazine rings is 1. The van der Waals surface area contributed by atoms with Gasteiger partial charge in [-0.2, -0.15) is 0 Å². The summed E-state index contributed by atoms with van der Waals surface area (Å²) in [6.07, 6.45) is -0.661. The number of para-hydroxylation sites is 1. The van der Waals surface area contributed by atoms with Crippen LogP contribution < -0.4 is 4.74 Å². The molecule has 27 heavy (non-hydrogen) atoms. The number of aliphatic hydroxyl groups excluding tert-OH is 1. The smallest absolute Gasteiger partial charge is 0.268 e. The van der Waals surface area contributed by atoms with Crippen molar-refractivity contribution in [2.45, 2.75) is 25.5 Å². The first kappa shape index (κ1) is 19.4. The Balaban J connectivity index is 1.74. The lowest BCUT2D eigenvalue weighted by molar-refractivity contribution is -0.142. The molecule has 0 saturated carbocycles. The monoisotopic (exact) mass is 368 g/mol. The molecule has 1 fully saturated rings. The van der Waals surface area contributed by atoms with E-state index in [1.807, 2.05) is 79.4 Å². The van der Waals surface area contributed by atoms with Crippen LogP contribution in [-0.4, -0.2) is 59.1 Å². The predicted octanol–water partition coefficient (Wildman–Crippen LogP) is 2.72. The number of carbonyl (C=O) groups excluding carboxylic acids is 1. The fourth-order valence-corrected chi connectivity index (χ4v) is 3.32. The van der Waals surface area contributed by atoms with Crippen molar-refractivity contribution in [2.24, 2.45) is 0 Å². The third-order valence-electron chi connectivity index (χ3n) is 5.16. The fourth-order valence-electron chi connectivity index (χ4n) is 3.32. The average molecular weight is 368 g/mol. The summed E-state index contributed by atoms with van der Waals surface area (Å²) in [5, 5.41) is 9.58. The van der Waals surface area contributed by atoms with E-state index in [4.69, 9.17) is 4.74 Å². The van der Waals surface area contributed by atoms with Crippen LogP contribution in [0, 0.1) is 0 Å². The molecule has 1 saturated heterocycles. The summed E-state index contributed by atoms with van der Waals surface area (Å²) in [5.41, 5.74) is 0.582. The molecule has 5 nitrogen and oxygen atoms in total. The first-order valence-corrected chi connectivity index (χ1v) is 9.42. The van der Waals surface area contributed by atoms with Gasteiger partial charge in [0.2, 0.25) is 6.10 Å². The number of ether oxygens (including phenoxy) is 1. The highest BCUT2D eigenvalue weighted by Crippen LogP contribution is 2.25. The van der Waals surface area contributed by atoms with Gasteiger partial charge in [0.05, 0.1) is 6.61 Å². The molecule has 0 aliphatic carbocycles. The second-order valence-corrected chi connectivity index (χ2v) is 7.50. The topological polar surface area (TPSA) is 53.0 Å². The van der Waals surface area contributed by atoms with Crippen molar-refractivity contribution in [3.05, 3.63) is 66.2 Å². The molecule has 0 spiro atoms. The van der Waals surface area contributed by atoms with Crippen molar-refractivity contribution >= 4 is 5.91 Å². The molecule has 1 aliphatic rings. The number of nitrogens with zero attached hydrogens (tertiary/aromatic N) is 2. The molecule has 2 aromatic carbocycles. The Labute approximate surface area is 161 Å². The van der Waals surface area contributed by atoms with Crippen LogP contribution >= 0.6 is 0 Å². The van der Waals surface area contributed by atoms with Crippen molar-refractivity contribution < 1.29 is 14.6 Å². The van der Waals surface area contributed by atoms with Crippen molar-refractivity contribution in [1.82, 2.24) is 9.80 Å². The molecule has 2 aromatic rings. The van der Waals surface area contributed by atoms with Crippen molar-refractivity contribution in [3.63, 3.8) is 0 Å². The predicted molar refractivity (Wildman–Crippen MR) is 106 cm³/mol. The van der Waals surface area contributed by atoms with Gasteiger partial charge in [0, 0.05) is 37.3 Å².